The number of hydrogen-bond donors (Lipinski definition) is 4. The van der Waals surface area contributed by atoms with E-state index in [1.165, 1.54) is 12.3 Å². The first-order valence-corrected chi connectivity index (χ1v) is 20.1. The van der Waals surface area contributed by atoms with Crippen LogP contribution in [-0.4, -0.2) is 97.5 Å². The third-order valence-corrected chi connectivity index (χ3v) is 12.0. The van der Waals surface area contributed by atoms with E-state index in [9.17, 15) is 19.2 Å². The lowest BCUT2D eigenvalue weighted by Crippen LogP contribution is -2.61. The summed E-state index contributed by atoms with van der Waals surface area (Å²) in [5.41, 5.74) is 15.9. The maximum atomic E-state index is 14.8. The third-order valence-electron chi connectivity index (χ3n) is 12.0. The van der Waals surface area contributed by atoms with Gasteiger partial charge in [0.2, 0.25) is 23.7 Å². The number of ether oxygens (including phenoxy) is 1. The minimum Gasteiger partial charge on any atom is -0.381 e. The number of amides is 4. The van der Waals surface area contributed by atoms with Crippen LogP contribution in [0.15, 0.2) is 36.5 Å². The van der Waals surface area contributed by atoms with Gasteiger partial charge in [0.1, 0.15) is 12.1 Å². The minimum absolute atomic E-state index is 0.0140. The number of primary amides is 2. The highest BCUT2D eigenvalue weighted by molar-refractivity contribution is 6.06. The molecule has 0 aliphatic carbocycles. The third kappa shape index (κ3) is 6.29. The molecule has 9 rings (SSSR count). The molecule has 20 heteroatoms. The lowest BCUT2D eigenvalue weighted by molar-refractivity contribution is -0.606. The fraction of sp³-hybridized carbons (Fsp3) is 0.400. The van der Waals surface area contributed by atoms with Crippen molar-refractivity contribution in [3.63, 3.8) is 0 Å². The molecule has 310 valence electrons. The number of rotatable bonds is 6. The second kappa shape index (κ2) is 14.8. The van der Waals surface area contributed by atoms with E-state index in [0.717, 1.165) is 36.9 Å². The van der Waals surface area contributed by atoms with Gasteiger partial charge < -0.3 is 20.8 Å². The molecule has 3 aliphatic rings. The molecule has 8 heterocycles. The zero-order valence-corrected chi connectivity index (χ0v) is 33.9. The van der Waals surface area contributed by atoms with E-state index in [2.05, 4.69) is 20.5 Å². The molecule has 6 aromatic rings. The summed E-state index contributed by atoms with van der Waals surface area (Å²) in [6.45, 7) is 11.2. The number of aryl methyl sites for hydroxylation is 4. The maximum absolute atomic E-state index is 14.8. The molecule has 60 heavy (non-hydrogen) atoms. The second-order valence-electron chi connectivity index (χ2n) is 15.4. The van der Waals surface area contributed by atoms with Gasteiger partial charge in [0.05, 0.1) is 22.3 Å². The summed E-state index contributed by atoms with van der Waals surface area (Å²) in [7, 11) is 0. The number of benzene rings is 1. The Balaban J connectivity index is 1.25. The van der Waals surface area contributed by atoms with Gasteiger partial charge in [-0.15, -0.1) is 4.68 Å². The van der Waals surface area contributed by atoms with Gasteiger partial charge in [0.25, 0.3) is 11.7 Å². The average Bonchev–Trinajstić information content (AvgIpc) is 3.96. The molecular formula is C40H46N15O5+. The van der Waals surface area contributed by atoms with Gasteiger partial charge in [-0.2, -0.15) is 9.67 Å². The number of allylic oxidation sites excluding steroid dienone is 2. The van der Waals surface area contributed by atoms with Crippen molar-refractivity contribution in [2.45, 2.75) is 85.2 Å². The van der Waals surface area contributed by atoms with Crippen molar-refractivity contribution in [1.82, 2.24) is 48.5 Å². The summed E-state index contributed by atoms with van der Waals surface area (Å²) in [5.74, 6) is -1.35. The van der Waals surface area contributed by atoms with Crippen molar-refractivity contribution in [1.29, 1.82) is 0 Å². The van der Waals surface area contributed by atoms with E-state index < -0.39 is 23.6 Å². The van der Waals surface area contributed by atoms with Crippen LogP contribution in [0.3, 0.4) is 0 Å². The van der Waals surface area contributed by atoms with Gasteiger partial charge in [0, 0.05) is 75.3 Å². The quantitative estimate of drug-likeness (QED) is 0.140. The molecule has 5 aromatic heterocycles. The van der Waals surface area contributed by atoms with Gasteiger partial charge in [-0.1, -0.05) is 12.2 Å². The van der Waals surface area contributed by atoms with E-state index in [1.807, 2.05) is 36.6 Å². The van der Waals surface area contributed by atoms with E-state index in [-0.39, 0.29) is 47.6 Å². The Bertz CT molecular complexity index is 2800. The van der Waals surface area contributed by atoms with Crippen LogP contribution in [0.25, 0.3) is 27.9 Å². The van der Waals surface area contributed by atoms with E-state index in [1.54, 1.807) is 38.4 Å². The van der Waals surface area contributed by atoms with Crippen LogP contribution >= 0.6 is 0 Å². The van der Waals surface area contributed by atoms with Gasteiger partial charge >= 0.3 is 11.7 Å². The summed E-state index contributed by atoms with van der Waals surface area (Å²) in [4.78, 5) is 70.8. The van der Waals surface area contributed by atoms with Gasteiger partial charge in [0.15, 0.2) is 17.0 Å². The molecule has 0 atom stereocenters. The number of nitrogens with one attached hydrogen (secondary N) is 2. The zero-order chi connectivity index (χ0) is 42.0. The molecule has 1 aromatic carbocycles. The molecule has 4 amide bonds. The molecule has 0 radical (unpaired) electrons. The average molecular weight is 817 g/mol. The van der Waals surface area contributed by atoms with Crippen molar-refractivity contribution < 1.29 is 28.5 Å². The fourth-order valence-electron chi connectivity index (χ4n) is 8.88. The largest absolute Gasteiger partial charge is 0.381 e. The lowest BCUT2D eigenvalue weighted by Gasteiger charge is -2.55. The molecule has 0 saturated carbocycles. The Morgan fingerprint density at radius 3 is 2.20 bits per heavy atom. The van der Waals surface area contributed by atoms with Crippen molar-refractivity contribution >= 4 is 57.7 Å². The van der Waals surface area contributed by atoms with E-state index in [0.29, 0.717) is 72.3 Å². The summed E-state index contributed by atoms with van der Waals surface area (Å²) in [6.07, 6.45) is 8.08. The molecule has 2 fully saturated rings. The highest BCUT2D eigenvalue weighted by atomic mass is 16.5. The number of nitrogens with two attached hydrogens (primary N) is 2. The molecule has 20 nitrogen and oxygen atoms in total. The second-order valence-corrected chi connectivity index (χ2v) is 15.4. The van der Waals surface area contributed by atoms with Crippen molar-refractivity contribution in [3.8, 4) is 5.69 Å². The van der Waals surface area contributed by atoms with Crippen LogP contribution in [0.4, 0.5) is 11.9 Å². The Kier molecular flexibility index (Phi) is 9.54. The van der Waals surface area contributed by atoms with Crippen LogP contribution in [-0.2, 0) is 37.5 Å². The predicted molar refractivity (Wildman–Crippen MR) is 218 cm³/mol. The van der Waals surface area contributed by atoms with E-state index in [4.69, 9.17) is 36.4 Å². The van der Waals surface area contributed by atoms with Crippen LogP contribution in [0.5, 0.6) is 0 Å². The van der Waals surface area contributed by atoms with Crippen molar-refractivity contribution in [2.75, 3.05) is 30.4 Å². The predicted octanol–water partition coefficient (Wildman–Crippen LogP) is 2.13. The van der Waals surface area contributed by atoms with Crippen LogP contribution in [0, 0.1) is 13.8 Å². The van der Waals surface area contributed by atoms with Crippen LogP contribution in [0.2, 0.25) is 0 Å². The number of anilines is 2. The first-order chi connectivity index (χ1) is 28.9. The Hall–Kier alpha value is -6.80. The highest BCUT2D eigenvalue weighted by Gasteiger charge is 2.45. The van der Waals surface area contributed by atoms with Gasteiger partial charge in [-0.05, 0) is 63.8 Å². The normalized spacial score (nSPS) is 17.4. The molecular weight excluding hydrogens is 771 g/mol. The zero-order valence-electron chi connectivity index (χ0n) is 33.9. The number of likely N-dealkylation sites (tertiary alicyclic amines) is 1. The summed E-state index contributed by atoms with van der Waals surface area (Å²) in [6, 6.07) is 5.02. The Morgan fingerprint density at radius 2 is 1.52 bits per heavy atom. The maximum Gasteiger partial charge on any atom is 0.331 e. The molecule has 6 N–H and O–H groups in total. The smallest absolute Gasteiger partial charge is 0.331 e. The monoisotopic (exact) mass is 816 g/mol. The van der Waals surface area contributed by atoms with Gasteiger partial charge in [-0.3, -0.25) is 44.0 Å². The standard InChI is InChI=1S/C40H45N15O5/c1-5-53-31-29(22(3)48-53)55-23(4)49-54(6-2)37(55)36(59)47-39-45-28-19-25(33(42)57)20-43-34(28)52(39)13-8-7-12-51-30-26(21-50-14-9-40(50)10-15-60-16-11-40)17-24(32(41)56)18-27(30)44-38(51)46-35(31)58/h7-8,17-20H,5-6,9-16,21H2,1-4H3,(H5-,41,42,44,45,46,47,56,57,58,59)/p+1/b8-7+. The summed E-state index contributed by atoms with van der Waals surface area (Å²) < 4.78 is 14.1. The number of carbonyl (C=O) groups excluding carboxylic acids is 4. The van der Waals surface area contributed by atoms with Crippen molar-refractivity contribution in [2.24, 2.45) is 11.5 Å². The van der Waals surface area contributed by atoms with E-state index >= 15 is 0 Å². The fourth-order valence-corrected chi connectivity index (χ4v) is 8.88. The number of fused-ring (bicyclic) bond motifs is 9. The number of nitrogens with zero attached hydrogens (tertiary/aromatic N) is 11. The molecule has 3 aliphatic heterocycles. The molecule has 0 bridgehead atoms. The number of carbonyl (C=O) groups is 4. The van der Waals surface area contributed by atoms with Gasteiger partial charge in [-0.25, -0.2) is 15.0 Å². The topological polar surface area (TPSA) is 245 Å². The SMILES string of the molecule is CCn1nc(C)c2c1C(=O)Nc1nc3cc(C(N)=O)cc(CN4CCC45CCOCC5)c3n1C/C=C/Cn1c(nc3cc(C(N)=O)cnc31)NC(=O)c1n(CC)nc(C)[n+]1-2. The van der Waals surface area contributed by atoms with Crippen LogP contribution in [0.1, 0.15) is 92.0 Å². The van der Waals surface area contributed by atoms with Crippen molar-refractivity contribution in [3.05, 3.63) is 76.3 Å². The Morgan fingerprint density at radius 1 is 0.850 bits per heavy atom. The molecule has 0 unspecified atom stereocenters. The number of pyridine rings is 1. The minimum atomic E-state index is -0.664. The number of hydrogen-bond acceptors (Lipinski definition) is 11. The summed E-state index contributed by atoms with van der Waals surface area (Å²) >= 11 is 0. The Labute approximate surface area is 343 Å². The lowest BCUT2D eigenvalue weighted by atomic mass is 9.77. The molecule has 2 saturated heterocycles. The molecule has 1 spiro atoms. The number of aromatic nitrogens is 10. The highest BCUT2D eigenvalue weighted by Crippen LogP contribution is 2.41. The number of imidazole rings is 2. The summed E-state index contributed by atoms with van der Waals surface area (Å²) in [5, 5.41) is 15.5. The first kappa shape index (κ1) is 38.7. The van der Waals surface area contributed by atoms with Crippen LogP contribution < -0.4 is 26.7 Å². The first-order valence-electron chi connectivity index (χ1n) is 20.1.